The maximum atomic E-state index is 10.8. The Morgan fingerprint density at radius 3 is 2.00 bits per heavy atom. The van der Waals surface area contributed by atoms with Crippen LogP contribution in [-0.4, -0.2) is 18.0 Å². The van der Waals surface area contributed by atoms with Gasteiger partial charge in [-0.2, -0.15) is 8.42 Å². The summed E-state index contributed by atoms with van der Waals surface area (Å²) in [6.07, 6.45) is 3.17. The van der Waals surface area contributed by atoms with E-state index in [9.17, 15) is 8.42 Å². The minimum Gasteiger partial charge on any atom is -0.457 e. The van der Waals surface area contributed by atoms with Crippen LogP contribution in [0.15, 0.2) is 53.7 Å². The molecule has 0 amide bonds. The minimum atomic E-state index is -4.16. The molecular formula is C11H9NO4S. The maximum Gasteiger partial charge on any atom is 0.294 e. The minimum absolute atomic E-state index is 0.167. The van der Waals surface area contributed by atoms with E-state index in [2.05, 4.69) is 4.98 Å². The van der Waals surface area contributed by atoms with Crippen molar-refractivity contribution >= 4 is 10.1 Å². The van der Waals surface area contributed by atoms with Crippen LogP contribution in [0.3, 0.4) is 0 Å². The zero-order chi connectivity index (χ0) is 12.3. The fraction of sp³-hybridized carbons (Fsp3) is 0. The number of nitrogens with zero attached hydrogens (tertiary/aromatic N) is 1. The summed E-state index contributed by atoms with van der Waals surface area (Å²) in [5.74, 6) is 1.07. The third-order valence-corrected chi connectivity index (χ3v) is 2.87. The van der Waals surface area contributed by atoms with Gasteiger partial charge in [-0.25, -0.2) is 0 Å². The van der Waals surface area contributed by atoms with E-state index in [1.54, 1.807) is 24.5 Å². The molecule has 0 spiro atoms. The molecule has 0 aliphatic heterocycles. The second-order valence-electron chi connectivity index (χ2n) is 3.23. The SMILES string of the molecule is O=S(=O)(O)c1ccc(Oc2ccncc2)cc1. The normalized spacial score (nSPS) is 11.1. The molecule has 6 heteroatoms. The van der Waals surface area contributed by atoms with E-state index in [-0.39, 0.29) is 4.90 Å². The first-order chi connectivity index (χ1) is 8.05. The van der Waals surface area contributed by atoms with Gasteiger partial charge < -0.3 is 4.74 Å². The van der Waals surface area contributed by atoms with E-state index < -0.39 is 10.1 Å². The van der Waals surface area contributed by atoms with E-state index in [1.165, 1.54) is 24.3 Å². The van der Waals surface area contributed by atoms with Crippen molar-refractivity contribution in [2.75, 3.05) is 0 Å². The lowest BCUT2D eigenvalue weighted by molar-refractivity contribution is 0.477. The molecule has 0 unspecified atom stereocenters. The molecule has 1 aromatic heterocycles. The molecule has 0 saturated carbocycles. The zero-order valence-electron chi connectivity index (χ0n) is 8.65. The van der Waals surface area contributed by atoms with Gasteiger partial charge in [0.25, 0.3) is 10.1 Å². The number of pyridine rings is 1. The Balaban J connectivity index is 2.20. The standard InChI is InChI=1S/C11H9NO4S/c13-17(14,15)11-3-1-9(2-4-11)16-10-5-7-12-8-6-10/h1-8H,(H,13,14,15). The van der Waals surface area contributed by atoms with Gasteiger partial charge in [-0.3, -0.25) is 9.54 Å². The molecule has 0 aliphatic carbocycles. The van der Waals surface area contributed by atoms with Crippen LogP contribution >= 0.6 is 0 Å². The topological polar surface area (TPSA) is 76.5 Å². The van der Waals surface area contributed by atoms with Gasteiger partial charge in [-0.05, 0) is 36.4 Å². The number of rotatable bonds is 3. The number of benzene rings is 1. The summed E-state index contributed by atoms with van der Waals surface area (Å²) < 4.78 is 35.8. The summed E-state index contributed by atoms with van der Waals surface area (Å²) in [4.78, 5) is 3.67. The average Bonchev–Trinajstić information content (AvgIpc) is 2.30. The first kappa shape index (κ1) is 11.6. The lowest BCUT2D eigenvalue weighted by Crippen LogP contribution is -1.97. The monoisotopic (exact) mass is 251 g/mol. The largest absolute Gasteiger partial charge is 0.457 e. The van der Waals surface area contributed by atoms with E-state index in [0.717, 1.165) is 0 Å². The predicted octanol–water partition coefficient (Wildman–Crippen LogP) is 2.12. The van der Waals surface area contributed by atoms with Gasteiger partial charge in [0.15, 0.2) is 0 Å². The molecular weight excluding hydrogens is 242 g/mol. The van der Waals surface area contributed by atoms with Crippen LogP contribution in [0.2, 0.25) is 0 Å². The van der Waals surface area contributed by atoms with Crippen molar-refractivity contribution in [1.82, 2.24) is 4.98 Å². The zero-order valence-corrected chi connectivity index (χ0v) is 9.46. The fourth-order valence-corrected chi connectivity index (χ4v) is 1.70. The smallest absolute Gasteiger partial charge is 0.294 e. The van der Waals surface area contributed by atoms with Gasteiger partial charge in [0.05, 0.1) is 4.90 Å². The molecule has 0 saturated heterocycles. The van der Waals surface area contributed by atoms with Crippen LogP contribution < -0.4 is 4.74 Å². The Labute approximate surface area is 98.5 Å². The highest BCUT2D eigenvalue weighted by Crippen LogP contribution is 2.21. The first-order valence-corrected chi connectivity index (χ1v) is 6.15. The molecule has 1 heterocycles. The predicted molar refractivity (Wildman–Crippen MR) is 60.6 cm³/mol. The highest BCUT2D eigenvalue weighted by molar-refractivity contribution is 7.85. The summed E-state index contributed by atoms with van der Waals surface area (Å²) in [6.45, 7) is 0. The van der Waals surface area contributed by atoms with E-state index in [0.29, 0.717) is 11.5 Å². The van der Waals surface area contributed by atoms with Gasteiger partial charge in [-0.1, -0.05) is 0 Å². The molecule has 0 aliphatic rings. The molecule has 5 nitrogen and oxygen atoms in total. The number of ether oxygens (including phenoxy) is 1. The summed E-state index contributed by atoms with van der Waals surface area (Å²) in [7, 11) is -4.16. The highest BCUT2D eigenvalue weighted by Gasteiger charge is 2.08. The molecule has 0 radical (unpaired) electrons. The molecule has 0 bridgehead atoms. The van der Waals surface area contributed by atoms with Crippen molar-refractivity contribution in [3.63, 3.8) is 0 Å². The van der Waals surface area contributed by atoms with Crippen LogP contribution in [0.1, 0.15) is 0 Å². The quantitative estimate of drug-likeness (QED) is 0.845. The second-order valence-corrected chi connectivity index (χ2v) is 4.65. The number of aromatic nitrogens is 1. The van der Waals surface area contributed by atoms with Crippen molar-refractivity contribution in [1.29, 1.82) is 0 Å². The lowest BCUT2D eigenvalue weighted by atomic mass is 10.3. The van der Waals surface area contributed by atoms with Crippen LogP contribution in [0.25, 0.3) is 0 Å². The second kappa shape index (κ2) is 4.52. The van der Waals surface area contributed by atoms with Crippen LogP contribution in [0.5, 0.6) is 11.5 Å². The molecule has 2 rings (SSSR count). The van der Waals surface area contributed by atoms with Crippen LogP contribution in [0, 0.1) is 0 Å². The van der Waals surface area contributed by atoms with Gasteiger partial charge in [0.2, 0.25) is 0 Å². The van der Waals surface area contributed by atoms with Crippen LogP contribution in [0.4, 0.5) is 0 Å². The van der Waals surface area contributed by atoms with Crippen molar-refractivity contribution < 1.29 is 17.7 Å². The van der Waals surface area contributed by atoms with Gasteiger partial charge in [-0.15, -0.1) is 0 Å². The van der Waals surface area contributed by atoms with E-state index in [4.69, 9.17) is 9.29 Å². The Bertz CT molecular complexity index is 593. The molecule has 2 aromatic rings. The maximum absolute atomic E-state index is 10.8. The molecule has 0 fully saturated rings. The fourth-order valence-electron chi connectivity index (χ4n) is 1.22. The van der Waals surface area contributed by atoms with Crippen molar-refractivity contribution in [2.45, 2.75) is 4.90 Å². The molecule has 0 atom stereocenters. The van der Waals surface area contributed by atoms with E-state index >= 15 is 0 Å². The molecule has 1 N–H and O–H groups in total. The Morgan fingerprint density at radius 1 is 0.941 bits per heavy atom. The van der Waals surface area contributed by atoms with Crippen molar-refractivity contribution in [3.8, 4) is 11.5 Å². The lowest BCUT2D eigenvalue weighted by Gasteiger charge is -2.05. The molecule has 1 aromatic carbocycles. The van der Waals surface area contributed by atoms with Crippen LogP contribution in [-0.2, 0) is 10.1 Å². The summed E-state index contributed by atoms with van der Waals surface area (Å²) >= 11 is 0. The first-order valence-electron chi connectivity index (χ1n) is 4.71. The summed E-state index contributed by atoms with van der Waals surface area (Å²) in [5, 5.41) is 0. The molecule has 17 heavy (non-hydrogen) atoms. The highest BCUT2D eigenvalue weighted by atomic mass is 32.2. The molecule has 88 valence electrons. The van der Waals surface area contributed by atoms with Gasteiger partial charge >= 0.3 is 0 Å². The Hall–Kier alpha value is -1.92. The number of hydrogen-bond acceptors (Lipinski definition) is 4. The third kappa shape index (κ3) is 3.02. The summed E-state index contributed by atoms with van der Waals surface area (Å²) in [6, 6.07) is 8.82. The van der Waals surface area contributed by atoms with E-state index in [1.807, 2.05) is 0 Å². The Kier molecular flexibility index (Phi) is 3.08. The average molecular weight is 251 g/mol. The third-order valence-electron chi connectivity index (χ3n) is 2.01. The van der Waals surface area contributed by atoms with Crippen molar-refractivity contribution in [2.24, 2.45) is 0 Å². The Morgan fingerprint density at radius 2 is 1.47 bits per heavy atom. The number of hydrogen-bond donors (Lipinski definition) is 1. The van der Waals surface area contributed by atoms with Crippen molar-refractivity contribution in [3.05, 3.63) is 48.8 Å². The van der Waals surface area contributed by atoms with Gasteiger partial charge in [0.1, 0.15) is 11.5 Å². The summed E-state index contributed by atoms with van der Waals surface area (Å²) in [5.41, 5.74) is 0. The van der Waals surface area contributed by atoms with Gasteiger partial charge in [0, 0.05) is 12.4 Å².